The average molecular weight is 226 g/mol. The Labute approximate surface area is 97.6 Å². The Bertz CT molecular complexity index is 620. The van der Waals surface area contributed by atoms with Gasteiger partial charge in [-0.3, -0.25) is 0 Å². The molecule has 5 heteroatoms. The van der Waals surface area contributed by atoms with E-state index < -0.39 is 0 Å². The summed E-state index contributed by atoms with van der Waals surface area (Å²) in [6.07, 6.45) is 1.69. The van der Waals surface area contributed by atoms with Crippen molar-refractivity contribution >= 4 is 11.2 Å². The second-order valence-corrected chi connectivity index (χ2v) is 3.57. The highest BCUT2D eigenvalue weighted by molar-refractivity contribution is 5.68. The fourth-order valence-electron chi connectivity index (χ4n) is 1.54. The van der Waals surface area contributed by atoms with Gasteiger partial charge in [0.15, 0.2) is 0 Å². The van der Waals surface area contributed by atoms with E-state index >= 15 is 0 Å². The molecule has 0 bridgehead atoms. The van der Waals surface area contributed by atoms with Crippen LogP contribution in [0.15, 0.2) is 48.7 Å². The van der Waals surface area contributed by atoms with Gasteiger partial charge >= 0.3 is 0 Å². The molecule has 3 aromatic rings. The van der Waals surface area contributed by atoms with Crippen molar-refractivity contribution in [2.24, 2.45) is 0 Å². The third-order valence-electron chi connectivity index (χ3n) is 2.38. The van der Waals surface area contributed by atoms with Crippen molar-refractivity contribution < 1.29 is 4.84 Å². The van der Waals surface area contributed by atoms with E-state index in [0.717, 1.165) is 11.1 Å². The van der Waals surface area contributed by atoms with Gasteiger partial charge in [-0.05, 0) is 22.9 Å². The predicted molar refractivity (Wildman–Crippen MR) is 62.0 cm³/mol. The lowest BCUT2D eigenvalue weighted by Gasteiger charge is -2.04. The van der Waals surface area contributed by atoms with Gasteiger partial charge in [0.1, 0.15) is 12.1 Å². The molecule has 1 aromatic carbocycles. The smallest absolute Gasteiger partial charge is 0.219 e. The number of aromatic nitrogens is 4. The molecule has 3 rings (SSSR count). The van der Waals surface area contributed by atoms with Gasteiger partial charge in [0, 0.05) is 6.20 Å². The first-order valence-corrected chi connectivity index (χ1v) is 5.27. The maximum absolute atomic E-state index is 5.53. The second-order valence-electron chi connectivity index (χ2n) is 3.57. The molecule has 0 saturated heterocycles. The van der Waals surface area contributed by atoms with Crippen molar-refractivity contribution in [1.82, 2.24) is 20.1 Å². The van der Waals surface area contributed by atoms with Gasteiger partial charge in [-0.15, -0.1) is 5.10 Å². The number of nitrogens with zero attached hydrogens (tertiary/aromatic N) is 4. The molecule has 0 radical (unpaired) electrons. The number of rotatable bonds is 3. The molecule has 0 aliphatic carbocycles. The molecule has 17 heavy (non-hydrogen) atoms. The van der Waals surface area contributed by atoms with Crippen LogP contribution in [-0.2, 0) is 6.61 Å². The molecule has 0 unspecified atom stereocenters. The quantitative estimate of drug-likeness (QED) is 0.678. The molecule has 84 valence electrons. The Balaban J connectivity index is 1.82. The third-order valence-corrected chi connectivity index (χ3v) is 2.38. The number of pyridine rings is 1. The molecule has 0 aliphatic heterocycles. The van der Waals surface area contributed by atoms with Crippen molar-refractivity contribution in [3.8, 4) is 0 Å². The molecule has 0 aliphatic rings. The van der Waals surface area contributed by atoms with Gasteiger partial charge in [0.25, 0.3) is 0 Å². The first kappa shape index (κ1) is 9.77. The molecule has 0 amide bonds. The van der Waals surface area contributed by atoms with E-state index in [1.807, 2.05) is 42.5 Å². The maximum Gasteiger partial charge on any atom is 0.219 e. The van der Waals surface area contributed by atoms with E-state index in [1.165, 1.54) is 4.85 Å². The largest absolute Gasteiger partial charge is 0.389 e. The molecule has 0 N–H and O–H groups in total. The highest BCUT2D eigenvalue weighted by Gasteiger charge is 2.05. The lowest BCUT2D eigenvalue weighted by Crippen LogP contribution is -2.13. The summed E-state index contributed by atoms with van der Waals surface area (Å²) in [7, 11) is 0. The lowest BCUT2D eigenvalue weighted by molar-refractivity contribution is 0.0739. The molecular weight excluding hydrogens is 216 g/mol. The minimum absolute atomic E-state index is 0.440. The van der Waals surface area contributed by atoms with Crippen LogP contribution in [0, 0.1) is 0 Å². The monoisotopic (exact) mass is 226 g/mol. The Kier molecular flexibility index (Phi) is 2.42. The van der Waals surface area contributed by atoms with Crippen LogP contribution in [0.25, 0.3) is 11.2 Å². The van der Waals surface area contributed by atoms with Crippen LogP contribution in [0.2, 0.25) is 0 Å². The van der Waals surface area contributed by atoms with Crippen molar-refractivity contribution in [3.63, 3.8) is 0 Å². The molecular formula is C12H10N4O. The van der Waals surface area contributed by atoms with Crippen LogP contribution < -0.4 is 4.84 Å². The van der Waals surface area contributed by atoms with Crippen molar-refractivity contribution in [3.05, 3.63) is 54.2 Å². The fourth-order valence-corrected chi connectivity index (χ4v) is 1.54. The normalized spacial score (nSPS) is 10.6. The molecule has 2 aromatic heterocycles. The summed E-state index contributed by atoms with van der Waals surface area (Å²) in [5.74, 6) is 0. The highest BCUT2D eigenvalue weighted by atomic mass is 16.7. The number of benzene rings is 1. The highest BCUT2D eigenvalue weighted by Crippen LogP contribution is 2.05. The minimum atomic E-state index is 0.440. The summed E-state index contributed by atoms with van der Waals surface area (Å²) >= 11 is 0. The first-order chi connectivity index (χ1) is 8.43. The SMILES string of the molecule is c1ccc(COn2nnc3cccnc32)cc1. The van der Waals surface area contributed by atoms with E-state index in [9.17, 15) is 0 Å². The summed E-state index contributed by atoms with van der Waals surface area (Å²) in [5.41, 5.74) is 2.43. The van der Waals surface area contributed by atoms with Gasteiger partial charge in [-0.2, -0.15) is 0 Å². The standard InChI is InChI=1S/C12H10N4O/c1-2-5-10(6-3-1)9-17-16-12-11(14-15-16)7-4-8-13-12/h1-8H,9H2. The van der Waals surface area contributed by atoms with Gasteiger partial charge in [-0.25, -0.2) is 4.98 Å². The summed E-state index contributed by atoms with van der Waals surface area (Å²) < 4.78 is 0. The van der Waals surface area contributed by atoms with E-state index in [-0.39, 0.29) is 0 Å². The summed E-state index contributed by atoms with van der Waals surface area (Å²) in [6, 6.07) is 13.6. The van der Waals surface area contributed by atoms with Gasteiger partial charge in [0.2, 0.25) is 5.65 Å². The second kappa shape index (κ2) is 4.21. The first-order valence-electron chi connectivity index (χ1n) is 5.27. The molecule has 0 fully saturated rings. The molecule has 5 nitrogen and oxygen atoms in total. The Morgan fingerprint density at radius 3 is 2.82 bits per heavy atom. The number of fused-ring (bicyclic) bond motifs is 1. The Hall–Kier alpha value is -2.43. The lowest BCUT2D eigenvalue weighted by atomic mass is 10.2. The maximum atomic E-state index is 5.53. The zero-order chi connectivity index (χ0) is 11.5. The van der Waals surface area contributed by atoms with Crippen LogP contribution in [0.3, 0.4) is 0 Å². The van der Waals surface area contributed by atoms with Crippen molar-refractivity contribution in [2.45, 2.75) is 6.61 Å². The number of hydrogen-bond donors (Lipinski definition) is 0. The van der Waals surface area contributed by atoms with E-state index in [0.29, 0.717) is 12.3 Å². The van der Waals surface area contributed by atoms with Crippen molar-refractivity contribution in [1.29, 1.82) is 0 Å². The van der Waals surface area contributed by atoms with Crippen LogP contribution in [0.1, 0.15) is 5.56 Å². The zero-order valence-corrected chi connectivity index (χ0v) is 9.02. The average Bonchev–Trinajstić information content (AvgIpc) is 2.81. The molecule has 2 heterocycles. The van der Waals surface area contributed by atoms with Gasteiger partial charge in [0.05, 0.1) is 0 Å². The van der Waals surface area contributed by atoms with Crippen LogP contribution in [-0.4, -0.2) is 20.1 Å². The molecule has 0 spiro atoms. The van der Waals surface area contributed by atoms with E-state index in [1.54, 1.807) is 6.20 Å². The Morgan fingerprint density at radius 2 is 1.94 bits per heavy atom. The van der Waals surface area contributed by atoms with Gasteiger partial charge < -0.3 is 4.84 Å². The minimum Gasteiger partial charge on any atom is -0.389 e. The fraction of sp³-hybridized carbons (Fsp3) is 0.0833. The van der Waals surface area contributed by atoms with Crippen LogP contribution in [0.5, 0.6) is 0 Å². The van der Waals surface area contributed by atoms with Crippen LogP contribution >= 0.6 is 0 Å². The predicted octanol–water partition coefficient (Wildman–Crippen LogP) is 1.46. The number of hydrogen-bond acceptors (Lipinski definition) is 4. The van der Waals surface area contributed by atoms with Crippen LogP contribution in [0.4, 0.5) is 0 Å². The topological polar surface area (TPSA) is 52.8 Å². The van der Waals surface area contributed by atoms with E-state index in [4.69, 9.17) is 4.84 Å². The van der Waals surface area contributed by atoms with E-state index in [2.05, 4.69) is 15.3 Å². The third kappa shape index (κ3) is 1.94. The van der Waals surface area contributed by atoms with Gasteiger partial charge in [-0.1, -0.05) is 35.2 Å². The summed E-state index contributed by atoms with van der Waals surface area (Å²) in [4.78, 5) is 11.0. The molecule has 0 atom stereocenters. The summed E-state index contributed by atoms with van der Waals surface area (Å²) in [6.45, 7) is 0.440. The molecule has 0 saturated carbocycles. The summed E-state index contributed by atoms with van der Waals surface area (Å²) in [5, 5.41) is 7.85. The Morgan fingerprint density at radius 1 is 1.06 bits per heavy atom. The van der Waals surface area contributed by atoms with Crippen molar-refractivity contribution in [2.75, 3.05) is 0 Å². The zero-order valence-electron chi connectivity index (χ0n) is 9.02.